The molecule has 1 heterocycles. The van der Waals surface area contributed by atoms with Crippen molar-refractivity contribution in [3.05, 3.63) is 57.6 Å². The lowest BCUT2D eigenvalue weighted by atomic mass is 9.92. The first-order valence-electron chi connectivity index (χ1n) is 16.8. The summed E-state index contributed by atoms with van der Waals surface area (Å²) >= 11 is 13.6. The van der Waals surface area contributed by atoms with Crippen molar-refractivity contribution in [1.29, 1.82) is 0 Å². The Labute approximate surface area is 286 Å². The van der Waals surface area contributed by atoms with Gasteiger partial charge in [0.15, 0.2) is 0 Å². The van der Waals surface area contributed by atoms with E-state index in [-0.39, 0.29) is 36.2 Å². The number of nitrogens with one attached hydrogen (secondary N) is 2. The largest absolute Gasteiger partial charge is 0.413 e. The third-order valence-electron chi connectivity index (χ3n) is 10.3. The second-order valence-corrected chi connectivity index (χ2v) is 20.2. The fourth-order valence-electron chi connectivity index (χ4n) is 7.86. The fourth-order valence-corrected chi connectivity index (χ4v) is 14.1. The zero-order chi connectivity index (χ0) is 33.8. The Morgan fingerprint density at radius 2 is 1.46 bits per heavy atom. The van der Waals surface area contributed by atoms with Crippen LogP contribution in [0.2, 0.25) is 26.7 Å². The number of carbonyl (C=O) groups is 3. The van der Waals surface area contributed by atoms with Gasteiger partial charge in [-0.15, -0.1) is 0 Å². The minimum absolute atomic E-state index is 0.0851. The second kappa shape index (κ2) is 15.7. The summed E-state index contributed by atoms with van der Waals surface area (Å²) in [7, 11) is -0.402. The number of halogens is 2. The van der Waals surface area contributed by atoms with Crippen molar-refractivity contribution < 1.29 is 18.8 Å². The van der Waals surface area contributed by atoms with E-state index < -0.39 is 8.32 Å². The number of rotatable bonds is 12. The topological polar surface area (TPSA) is 87.7 Å². The molecular formula is C36H51Cl2N3O4Si. The van der Waals surface area contributed by atoms with Crippen LogP contribution in [-0.4, -0.2) is 63.2 Å². The lowest BCUT2D eigenvalue weighted by molar-refractivity contribution is -0.133. The van der Waals surface area contributed by atoms with Crippen LogP contribution in [0.15, 0.2) is 36.4 Å². The van der Waals surface area contributed by atoms with Gasteiger partial charge in [0, 0.05) is 47.3 Å². The van der Waals surface area contributed by atoms with Crippen molar-refractivity contribution in [3.63, 3.8) is 0 Å². The highest BCUT2D eigenvalue weighted by Crippen LogP contribution is 2.45. The van der Waals surface area contributed by atoms with E-state index in [2.05, 4.69) is 57.1 Å². The van der Waals surface area contributed by atoms with Crippen molar-refractivity contribution in [2.75, 3.05) is 20.1 Å². The number of hydrogen-bond acceptors (Lipinski definition) is 4. The van der Waals surface area contributed by atoms with Crippen molar-refractivity contribution >= 4 is 49.2 Å². The maximum atomic E-state index is 13.6. The van der Waals surface area contributed by atoms with E-state index in [0.717, 1.165) is 55.3 Å². The van der Waals surface area contributed by atoms with Gasteiger partial charge in [-0.3, -0.25) is 14.4 Å². The second-order valence-electron chi connectivity index (χ2n) is 13.9. The molecule has 2 aliphatic rings. The van der Waals surface area contributed by atoms with Crippen LogP contribution in [0.5, 0.6) is 0 Å². The highest BCUT2D eigenvalue weighted by Gasteiger charge is 2.47. The standard InChI is InChI=1S/C36H51Cl2N3O4Si/c1-22(2)46(23(3)4,24(5)6)45-30-14-12-29(13-15-30)41-17-16-27(36(41)44)18-31-32(37)19-28(20-33(31)38)25-8-10-26(11-9-25)35(43)40-21-34(42)39-7/h8-11,19-20,22-24,27,29-30H,12-18,21H2,1-7H3,(H,39,42)(H,40,43)/t27-,29-,30-/m0/s1. The Bertz CT molecular complexity index is 1350. The molecule has 2 N–H and O–H groups in total. The molecule has 0 spiro atoms. The minimum Gasteiger partial charge on any atom is -0.413 e. The molecule has 1 aliphatic carbocycles. The smallest absolute Gasteiger partial charge is 0.251 e. The van der Waals surface area contributed by atoms with Gasteiger partial charge in [-0.05, 0) is 96.1 Å². The molecule has 3 amide bonds. The average Bonchev–Trinajstić information content (AvgIpc) is 3.39. The van der Waals surface area contributed by atoms with Gasteiger partial charge >= 0.3 is 0 Å². The molecule has 7 nitrogen and oxygen atoms in total. The number of likely N-dealkylation sites (N-methyl/N-ethyl adjacent to an activating group) is 1. The lowest BCUT2D eigenvalue weighted by Crippen LogP contribution is -2.51. The van der Waals surface area contributed by atoms with Gasteiger partial charge in [0.1, 0.15) is 0 Å². The van der Waals surface area contributed by atoms with Gasteiger partial charge in [0.05, 0.1) is 6.54 Å². The molecule has 2 aromatic rings. The normalized spacial score (nSPS) is 20.6. The SMILES string of the molecule is CNC(=O)CNC(=O)c1ccc(-c2cc(Cl)c(C[C@@H]3CCN([C@H]4CC[C@H](O[Si](C(C)C)(C(C)C)C(C)C)CC4)C3=O)c(Cl)c2)cc1. The molecule has 4 rings (SSSR count). The van der Waals surface area contributed by atoms with Gasteiger partial charge in [-0.1, -0.05) is 76.9 Å². The summed E-state index contributed by atoms with van der Waals surface area (Å²) in [6.45, 7) is 14.7. The zero-order valence-electron chi connectivity index (χ0n) is 28.4. The van der Waals surface area contributed by atoms with E-state index in [1.807, 2.05) is 24.3 Å². The first kappa shape index (κ1) is 36.4. The number of hydrogen-bond donors (Lipinski definition) is 2. The maximum Gasteiger partial charge on any atom is 0.251 e. The molecule has 10 heteroatoms. The molecular weight excluding hydrogens is 637 g/mol. The monoisotopic (exact) mass is 687 g/mol. The van der Waals surface area contributed by atoms with E-state index in [1.165, 1.54) is 7.05 Å². The molecule has 252 valence electrons. The molecule has 1 saturated heterocycles. The summed E-state index contributed by atoms with van der Waals surface area (Å²) in [6.07, 6.45) is 5.63. The summed E-state index contributed by atoms with van der Waals surface area (Å²) in [5.41, 5.74) is 4.64. The summed E-state index contributed by atoms with van der Waals surface area (Å²) in [4.78, 5) is 39.5. The minimum atomic E-state index is -1.92. The van der Waals surface area contributed by atoms with Crippen LogP contribution < -0.4 is 10.6 Å². The molecule has 0 bridgehead atoms. The van der Waals surface area contributed by atoms with Crippen LogP contribution in [0, 0.1) is 5.92 Å². The average molecular weight is 689 g/mol. The number of carbonyl (C=O) groups excluding carboxylic acids is 3. The van der Waals surface area contributed by atoms with Crippen LogP contribution in [0.3, 0.4) is 0 Å². The predicted molar refractivity (Wildman–Crippen MR) is 190 cm³/mol. The summed E-state index contributed by atoms with van der Waals surface area (Å²) < 4.78 is 7.08. The first-order valence-corrected chi connectivity index (χ1v) is 19.7. The number of likely N-dealkylation sites (tertiary alicyclic amines) is 1. The van der Waals surface area contributed by atoms with Gasteiger partial charge in [-0.2, -0.15) is 0 Å². The van der Waals surface area contributed by atoms with Crippen molar-refractivity contribution in [2.24, 2.45) is 5.92 Å². The third kappa shape index (κ3) is 8.00. The Hall–Kier alpha value is -2.39. The van der Waals surface area contributed by atoms with E-state index in [9.17, 15) is 14.4 Å². The quantitative estimate of drug-likeness (QED) is 0.221. The van der Waals surface area contributed by atoms with Gasteiger partial charge < -0.3 is 20.0 Å². The summed E-state index contributed by atoms with van der Waals surface area (Å²) in [6, 6.07) is 11.1. The molecule has 1 atom stereocenters. The molecule has 46 heavy (non-hydrogen) atoms. The third-order valence-corrected chi connectivity index (χ3v) is 17.1. The first-order chi connectivity index (χ1) is 21.8. The zero-order valence-corrected chi connectivity index (χ0v) is 30.9. The molecule has 0 aromatic heterocycles. The Morgan fingerprint density at radius 3 is 1.98 bits per heavy atom. The molecule has 1 saturated carbocycles. The van der Waals surface area contributed by atoms with E-state index in [4.69, 9.17) is 27.6 Å². The number of amides is 3. The molecule has 2 fully saturated rings. The van der Waals surface area contributed by atoms with Crippen LogP contribution in [0.4, 0.5) is 0 Å². The summed E-state index contributed by atoms with van der Waals surface area (Å²) in [5.74, 6) is -0.520. The maximum absolute atomic E-state index is 13.6. The van der Waals surface area contributed by atoms with E-state index >= 15 is 0 Å². The van der Waals surface area contributed by atoms with Gasteiger partial charge in [-0.25, -0.2) is 0 Å². The van der Waals surface area contributed by atoms with Crippen LogP contribution in [0.25, 0.3) is 11.1 Å². The van der Waals surface area contributed by atoms with Gasteiger partial charge in [0.2, 0.25) is 20.1 Å². The molecule has 1 aliphatic heterocycles. The van der Waals surface area contributed by atoms with Crippen LogP contribution in [0.1, 0.15) is 89.6 Å². The van der Waals surface area contributed by atoms with Crippen molar-refractivity contribution in [3.8, 4) is 11.1 Å². The molecule has 2 aromatic carbocycles. The van der Waals surface area contributed by atoms with Crippen LogP contribution in [-0.2, 0) is 20.4 Å². The number of benzene rings is 2. The molecule has 0 unspecified atom stereocenters. The van der Waals surface area contributed by atoms with Crippen molar-refractivity contribution in [1.82, 2.24) is 15.5 Å². The Kier molecular flexibility index (Phi) is 12.4. The van der Waals surface area contributed by atoms with E-state index in [1.54, 1.807) is 12.1 Å². The fraction of sp³-hybridized carbons (Fsp3) is 0.583. The highest BCUT2D eigenvalue weighted by molar-refractivity contribution is 6.77. The molecule has 0 radical (unpaired) electrons. The van der Waals surface area contributed by atoms with Gasteiger partial charge in [0.25, 0.3) is 5.91 Å². The Morgan fingerprint density at radius 1 is 0.891 bits per heavy atom. The number of nitrogens with zero attached hydrogens (tertiary/aromatic N) is 1. The van der Waals surface area contributed by atoms with E-state index in [0.29, 0.717) is 44.8 Å². The highest BCUT2D eigenvalue weighted by atomic mass is 35.5. The van der Waals surface area contributed by atoms with Crippen molar-refractivity contribution in [2.45, 2.75) is 109 Å². The predicted octanol–water partition coefficient (Wildman–Crippen LogP) is 8.03. The Balaban J connectivity index is 1.35. The van der Waals surface area contributed by atoms with Crippen LogP contribution >= 0.6 is 23.2 Å². The lowest BCUT2D eigenvalue weighted by Gasteiger charge is -2.46. The summed E-state index contributed by atoms with van der Waals surface area (Å²) in [5, 5.41) is 6.13.